The summed E-state index contributed by atoms with van der Waals surface area (Å²) in [4.78, 5) is 2.67. The predicted molar refractivity (Wildman–Crippen MR) is 98.0 cm³/mol. The molecule has 0 aromatic carbocycles. The number of hydrogen-bond acceptors (Lipinski definition) is 3. The molecule has 1 aliphatic carbocycles. The van der Waals surface area contributed by atoms with Crippen LogP contribution < -0.4 is 10.6 Å². The first-order valence-electron chi connectivity index (χ1n) is 8.98. The number of nitrogens with one attached hydrogen (secondary N) is 2. The number of rotatable bonds is 6. The van der Waals surface area contributed by atoms with Gasteiger partial charge in [-0.1, -0.05) is 24.8 Å². The van der Waals surface area contributed by atoms with Crippen molar-refractivity contribution >= 4 is 0 Å². The molecule has 0 aromatic heterocycles. The molecule has 2 saturated heterocycles. The van der Waals surface area contributed by atoms with Crippen LogP contribution >= 0.6 is 0 Å². The molecule has 3 heteroatoms. The maximum Gasteiger partial charge on any atom is 0.0368 e. The van der Waals surface area contributed by atoms with Gasteiger partial charge in [0.25, 0.3) is 0 Å². The van der Waals surface area contributed by atoms with Crippen LogP contribution in [0.5, 0.6) is 0 Å². The molecule has 2 fully saturated rings. The predicted octanol–water partition coefficient (Wildman–Crippen LogP) is 3.20. The van der Waals surface area contributed by atoms with E-state index in [0.29, 0.717) is 11.3 Å². The summed E-state index contributed by atoms with van der Waals surface area (Å²) in [7, 11) is 0. The second-order valence-corrected chi connectivity index (χ2v) is 7.59. The fraction of sp³-hybridized carbons (Fsp3) is 0.600. The van der Waals surface area contributed by atoms with Gasteiger partial charge in [0.05, 0.1) is 0 Å². The molecule has 3 nitrogen and oxygen atoms in total. The van der Waals surface area contributed by atoms with E-state index in [9.17, 15) is 0 Å². The highest BCUT2D eigenvalue weighted by Gasteiger charge is 2.39. The first kappa shape index (κ1) is 16.5. The highest BCUT2D eigenvalue weighted by molar-refractivity contribution is 5.34. The van der Waals surface area contributed by atoms with Crippen LogP contribution in [0.1, 0.15) is 32.6 Å². The van der Waals surface area contributed by atoms with Crippen molar-refractivity contribution in [1.82, 2.24) is 15.5 Å². The van der Waals surface area contributed by atoms with Crippen molar-refractivity contribution < 1.29 is 0 Å². The first-order valence-corrected chi connectivity index (χ1v) is 8.98. The van der Waals surface area contributed by atoms with Crippen molar-refractivity contribution in [2.24, 2.45) is 11.3 Å². The molecular weight excluding hydrogens is 282 g/mol. The van der Waals surface area contributed by atoms with Crippen LogP contribution in [0.3, 0.4) is 0 Å². The van der Waals surface area contributed by atoms with Gasteiger partial charge in [0.15, 0.2) is 0 Å². The maximum absolute atomic E-state index is 4.05. The van der Waals surface area contributed by atoms with E-state index in [1.165, 1.54) is 56.8 Å². The molecule has 0 bridgehead atoms. The van der Waals surface area contributed by atoms with Crippen LogP contribution in [0.2, 0.25) is 0 Å². The molecule has 126 valence electrons. The Bertz CT molecular complexity index is 515. The van der Waals surface area contributed by atoms with E-state index in [-0.39, 0.29) is 0 Å². The number of nitrogens with zero attached hydrogens (tertiary/aromatic N) is 1. The van der Waals surface area contributed by atoms with Crippen molar-refractivity contribution in [2.75, 3.05) is 32.7 Å². The van der Waals surface area contributed by atoms with Gasteiger partial charge < -0.3 is 15.5 Å². The van der Waals surface area contributed by atoms with Crippen LogP contribution in [-0.4, -0.2) is 37.6 Å². The average molecular weight is 313 g/mol. The van der Waals surface area contributed by atoms with Gasteiger partial charge in [-0.05, 0) is 56.2 Å². The van der Waals surface area contributed by atoms with Gasteiger partial charge in [-0.15, -0.1) is 6.58 Å². The fourth-order valence-electron chi connectivity index (χ4n) is 4.01. The summed E-state index contributed by atoms with van der Waals surface area (Å²) in [6.07, 6.45) is 11.4. The Hall–Kier alpha value is -1.32. The molecule has 1 atom stereocenters. The van der Waals surface area contributed by atoms with Crippen LogP contribution in [0.25, 0.3) is 0 Å². The van der Waals surface area contributed by atoms with Gasteiger partial charge in [0.1, 0.15) is 0 Å². The van der Waals surface area contributed by atoms with Gasteiger partial charge in [0.2, 0.25) is 0 Å². The largest absolute Gasteiger partial charge is 0.359 e. The Morgan fingerprint density at radius 1 is 1.43 bits per heavy atom. The molecule has 2 N–H and O–H groups in total. The third kappa shape index (κ3) is 3.96. The van der Waals surface area contributed by atoms with Crippen molar-refractivity contribution in [2.45, 2.75) is 32.6 Å². The molecule has 2 aliphatic heterocycles. The van der Waals surface area contributed by atoms with E-state index in [0.717, 1.165) is 18.5 Å². The van der Waals surface area contributed by atoms with Crippen LogP contribution in [-0.2, 0) is 0 Å². The van der Waals surface area contributed by atoms with Crippen molar-refractivity contribution in [3.63, 3.8) is 0 Å². The summed E-state index contributed by atoms with van der Waals surface area (Å²) in [6.45, 7) is 16.3. The quantitative estimate of drug-likeness (QED) is 0.737. The molecule has 23 heavy (non-hydrogen) atoms. The smallest absolute Gasteiger partial charge is 0.0368 e. The first-order chi connectivity index (χ1) is 11.1. The number of allylic oxidation sites excluding steroid dienone is 3. The summed E-state index contributed by atoms with van der Waals surface area (Å²) < 4.78 is 0. The summed E-state index contributed by atoms with van der Waals surface area (Å²) in [5.41, 5.74) is 4.25. The molecular formula is C20H31N3. The molecule has 3 rings (SSSR count). The second-order valence-electron chi connectivity index (χ2n) is 7.59. The third-order valence-corrected chi connectivity index (χ3v) is 5.65. The van der Waals surface area contributed by atoms with Crippen molar-refractivity contribution in [1.29, 1.82) is 0 Å². The summed E-state index contributed by atoms with van der Waals surface area (Å²) in [5, 5.41) is 6.87. The Balaban J connectivity index is 1.47. The molecule has 2 heterocycles. The molecule has 0 amide bonds. The van der Waals surface area contributed by atoms with Gasteiger partial charge >= 0.3 is 0 Å². The lowest BCUT2D eigenvalue weighted by atomic mass is 9.73. The normalized spacial score (nSPS) is 26.9. The molecule has 0 aromatic rings. The van der Waals surface area contributed by atoms with Gasteiger partial charge in [0, 0.05) is 37.4 Å². The zero-order valence-corrected chi connectivity index (χ0v) is 14.5. The monoisotopic (exact) mass is 313 g/mol. The maximum atomic E-state index is 4.05. The Kier molecular flexibility index (Phi) is 5.08. The SMILES string of the molecule is C=CCC(=C)NC1=CCC(CN2CCC3(CC2)CNC3)C=C1C. The lowest BCUT2D eigenvalue weighted by Gasteiger charge is -2.48. The van der Waals surface area contributed by atoms with Gasteiger partial charge in [-0.25, -0.2) is 0 Å². The zero-order valence-electron chi connectivity index (χ0n) is 14.5. The Morgan fingerprint density at radius 2 is 2.17 bits per heavy atom. The van der Waals surface area contributed by atoms with Gasteiger partial charge in [-0.2, -0.15) is 0 Å². The molecule has 1 spiro atoms. The number of hydrogen-bond donors (Lipinski definition) is 2. The Labute approximate surface area is 141 Å². The topological polar surface area (TPSA) is 27.3 Å². The molecule has 3 aliphatic rings. The lowest BCUT2D eigenvalue weighted by Crippen LogP contribution is -2.58. The summed E-state index contributed by atoms with van der Waals surface area (Å²) in [5.74, 6) is 0.654. The van der Waals surface area contributed by atoms with Crippen molar-refractivity contribution in [3.8, 4) is 0 Å². The lowest BCUT2D eigenvalue weighted by molar-refractivity contribution is 0.0510. The highest BCUT2D eigenvalue weighted by atomic mass is 15.1. The standard InChI is InChI=1S/C20H31N3/c1-4-5-17(3)22-19-7-6-18(12-16(19)2)13-23-10-8-20(9-11-23)14-21-15-20/h4,7,12,18,21-22H,1,3,5-6,8-11,13-15H2,2H3. The number of likely N-dealkylation sites (tertiary alicyclic amines) is 1. The minimum Gasteiger partial charge on any atom is -0.359 e. The van der Waals surface area contributed by atoms with Crippen LogP contribution in [0.4, 0.5) is 0 Å². The third-order valence-electron chi connectivity index (χ3n) is 5.65. The molecule has 1 unspecified atom stereocenters. The minimum atomic E-state index is 0.650. The molecule has 0 radical (unpaired) electrons. The van der Waals surface area contributed by atoms with E-state index in [4.69, 9.17) is 0 Å². The van der Waals surface area contributed by atoms with Gasteiger partial charge in [-0.3, -0.25) is 0 Å². The number of piperidine rings is 1. The van der Waals surface area contributed by atoms with E-state index >= 15 is 0 Å². The van der Waals surface area contributed by atoms with E-state index in [1.54, 1.807) is 0 Å². The zero-order chi connectivity index (χ0) is 16.3. The van der Waals surface area contributed by atoms with E-state index in [2.05, 4.69) is 47.8 Å². The minimum absolute atomic E-state index is 0.650. The average Bonchev–Trinajstić information content (AvgIpc) is 2.50. The highest BCUT2D eigenvalue weighted by Crippen LogP contribution is 2.35. The second kappa shape index (κ2) is 7.06. The summed E-state index contributed by atoms with van der Waals surface area (Å²) >= 11 is 0. The van der Waals surface area contributed by atoms with Crippen LogP contribution in [0, 0.1) is 11.3 Å². The fourth-order valence-corrected chi connectivity index (χ4v) is 4.01. The van der Waals surface area contributed by atoms with Crippen molar-refractivity contribution in [3.05, 3.63) is 48.4 Å². The van der Waals surface area contributed by atoms with E-state index < -0.39 is 0 Å². The van der Waals surface area contributed by atoms with Crippen LogP contribution in [0.15, 0.2) is 48.4 Å². The Morgan fingerprint density at radius 3 is 2.74 bits per heavy atom. The molecule has 0 saturated carbocycles. The summed E-state index contributed by atoms with van der Waals surface area (Å²) in [6, 6.07) is 0. The van der Waals surface area contributed by atoms with E-state index in [1.807, 2.05) is 6.08 Å².